The molecule has 31 heavy (non-hydrogen) atoms. The van der Waals surface area contributed by atoms with Crippen LogP contribution in [0.15, 0.2) is 30.3 Å². The molecule has 1 saturated heterocycles. The van der Waals surface area contributed by atoms with Crippen LogP contribution in [0.2, 0.25) is 0 Å². The number of hydrogen-bond acceptors (Lipinski definition) is 4. The lowest BCUT2D eigenvalue weighted by atomic mass is 9.86. The van der Waals surface area contributed by atoms with Crippen LogP contribution in [0, 0.1) is 6.92 Å². The minimum absolute atomic E-state index is 0.0639. The van der Waals surface area contributed by atoms with Gasteiger partial charge in [0.05, 0.1) is 17.7 Å². The van der Waals surface area contributed by atoms with Gasteiger partial charge in [-0.3, -0.25) is 9.63 Å². The average Bonchev–Trinajstić information content (AvgIpc) is 3.30. The fourth-order valence-electron chi connectivity index (χ4n) is 5.42. The van der Waals surface area contributed by atoms with Gasteiger partial charge in [-0.1, -0.05) is 24.3 Å². The third-order valence-electron chi connectivity index (χ3n) is 7.21. The Labute approximate surface area is 181 Å². The van der Waals surface area contributed by atoms with Gasteiger partial charge >= 0.3 is 0 Å². The molecule has 6 nitrogen and oxygen atoms in total. The summed E-state index contributed by atoms with van der Waals surface area (Å²) < 4.78 is 8.87. The molecule has 6 heteroatoms. The van der Waals surface area contributed by atoms with Gasteiger partial charge in [0.2, 0.25) is 0 Å². The molecule has 1 aliphatic carbocycles. The maximum Gasteiger partial charge on any atom is 0.277 e. The van der Waals surface area contributed by atoms with E-state index in [4.69, 9.17) is 14.6 Å². The molecule has 3 heterocycles. The summed E-state index contributed by atoms with van der Waals surface area (Å²) in [4.78, 5) is 24.0. The molecule has 1 amide bonds. The molecule has 1 spiro atoms. The Bertz CT molecular complexity index is 1180. The van der Waals surface area contributed by atoms with Crippen LogP contribution in [0.3, 0.4) is 0 Å². The Morgan fingerprint density at radius 2 is 1.94 bits per heavy atom. The Morgan fingerprint density at radius 1 is 1.16 bits per heavy atom. The minimum atomic E-state index is -0.252. The number of hydroxylamine groups is 2. The van der Waals surface area contributed by atoms with E-state index < -0.39 is 0 Å². The largest absolute Gasteiger partial charge is 0.484 e. The molecule has 0 saturated carbocycles. The highest BCUT2D eigenvalue weighted by molar-refractivity contribution is 6.01. The first-order valence-electron chi connectivity index (χ1n) is 11.2. The summed E-state index contributed by atoms with van der Waals surface area (Å²) in [7, 11) is 1.99. The maximum atomic E-state index is 13.4. The van der Waals surface area contributed by atoms with Crippen LogP contribution in [-0.2, 0) is 31.1 Å². The van der Waals surface area contributed by atoms with Gasteiger partial charge < -0.3 is 9.30 Å². The Kier molecular flexibility index (Phi) is 4.15. The number of aromatic nitrogens is 2. The highest BCUT2D eigenvalue weighted by Gasteiger charge is 2.44. The van der Waals surface area contributed by atoms with E-state index in [-0.39, 0.29) is 11.5 Å². The van der Waals surface area contributed by atoms with Crippen molar-refractivity contribution in [2.75, 3.05) is 13.2 Å². The van der Waals surface area contributed by atoms with Gasteiger partial charge in [0.15, 0.2) is 5.75 Å². The highest BCUT2D eigenvalue weighted by Crippen LogP contribution is 2.46. The van der Waals surface area contributed by atoms with Gasteiger partial charge in [0.1, 0.15) is 16.9 Å². The van der Waals surface area contributed by atoms with E-state index in [1.807, 2.05) is 24.6 Å². The Hall–Kier alpha value is -2.86. The van der Waals surface area contributed by atoms with Gasteiger partial charge in [-0.2, -0.15) is 0 Å². The lowest BCUT2D eigenvalue weighted by Gasteiger charge is -2.37. The molecule has 2 aromatic carbocycles. The number of benzene rings is 2. The Morgan fingerprint density at radius 3 is 2.65 bits per heavy atom. The van der Waals surface area contributed by atoms with Crippen LogP contribution in [0.1, 0.15) is 52.1 Å². The fourth-order valence-corrected chi connectivity index (χ4v) is 5.42. The van der Waals surface area contributed by atoms with Crippen LogP contribution >= 0.6 is 0 Å². The van der Waals surface area contributed by atoms with Crippen molar-refractivity contribution in [1.82, 2.24) is 14.6 Å². The number of amides is 1. The number of aryl methyl sites for hydroxylation is 2. The predicted octanol–water partition coefficient (Wildman–Crippen LogP) is 3.91. The molecule has 6 rings (SSSR count). The lowest BCUT2D eigenvalue weighted by molar-refractivity contribution is -0.144. The number of nitrogens with zero attached hydrogens (tertiary/aromatic N) is 3. The SMILES string of the molecule is Cc1nc2c3c(c(C(=O)N4CCCCO4)cc2n1C)CCC1(Cc2ccccc2C1)O3. The van der Waals surface area contributed by atoms with Crippen LogP contribution in [0.4, 0.5) is 0 Å². The van der Waals surface area contributed by atoms with E-state index in [2.05, 4.69) is 24.3 Å². The fraction of sp³-hybridized carbons (Fsp3) is 0.440. The second-order valence-corrected chi connectivity index (χ2v) is 9.17. The third kappa shape index (κ3) is 2.88. The van der Waals surface area contributed by atoms with Crippen molar-refractivity contribution in [2.24, 2.45) is 7.05 Å². The zero-order valence-corrected chi connectivity index (χ0v) is 18.1. The van der Waals surface area contributed by atoms with Gasteiger partial charge in [-0.15, -0.1) is 0 Å². The average molecular weight is 418 g/mol. The molecule has 2 aliphatic heterocycles. The molecule has 0 radical (unpaired) electrons. The first-order chi connectivity index (χ1) is 15.0. The number of fused-ring (bicyclic) bond motifs is 4. The third-order valence-corrected chi connectivity index (χ3v) is 7.21. The molecule has 160 valence electrons. The smallest absolute Gasteiger partial charge is 0.277 e. The van der Waals surface area contributed by atoms with Gasteiger partial charge in [-0.05, 0) is 49.8 Å². The van der Waals surface area contributed by atoms with Crippen molar-refractivity contribution in [1.29, 1.82) is 0 Å². The van der Waals surface area contributed by atoms with Crippen molar-refractivity contribution >= 4 is 16.9 Å². The summed E-state index contributed by atoms with van der Waals surface area (Å²) in [5.74, 6) is 1.64. The summed E-state index contributed by atoms with van der Waals surface area (Å²) in [6.07, 6.45) is 5.48. The summed E-state index contributed by atoms with van der Waals surface area (Å²) in [5.41, 5.74) is 5.95. The molecule has 0 atom stereocenters. The monoisotopic (exact) mass is 417 g/mol. The number of hydrogen-bond donors (Lipinski definition) is 0. The van der Waals surface area contributed by atoms with Crippen LogP contribution in [0.25, 0.3) is 11.0 Å². The van der Waals surface area contributed by atoms with Crippen molar-refractivity contribution in [3.63, 3.8) is 0 Å². The first-order valence-corrected chi connectivity index (χ1v) is 11.2. The number of carbonyl (C=O) groups excluding carboxylic acids is 1. The van der Waals surface area contributed by atoms with E-state index >= 15 is 0 Å². The summed E-state index contributed by atoms with van der Waals surface area (Å²) in [6.45, 7) is 3.22. The van der Waals surface area contributed by atoms with E-state index in [0.29, 0.717) is 18.7 Å². The van der Waals surface area contributed by atoms with E-state index in [1.54, 1.807) is 0 Å². The molecule has 1 aromatic heterocycles. The van der Waals surface area contributed by atoms with Crippen molar-refractivity contribution in [3.05, 3.63) is 58.4 Å². The van der Waals surface area contributed by atoms with E-state index in [0.717, 1.165) is 66.7 Å². The lowest BCUT2D eigenvalue weighted by Crippen LogP contribution is -2.42. The summed E-state index contributed by atoms with van der Waals surface area (Å²) >= 11 is 0. The molecule has 1 fully saturated rings. The van der Waals surface area contributed by atoms with Gasteiger partial charge in [0.25, 0.3) is 5.91 Å². The zero-order valence-electron chi connectivity index (χ0n) is 18.1. The van der Waals surface area contributed by atoms with Crippen molar-refractivity contribution in [3.8, 4) is 5.75 Å². The second kappa shape index (κ2) is 6.82. The highest BCUT2D eigenvalue weighted by atomic mass is 16.7. The Balaban J connectivity index is 1.47. The first kappa shape index (κ1) is 18.9. The molecular weight excluding hydrogens is 390 g/mol. The molecule has 3 aliphatic rings. The van der Waals surface area contributed by atoms with Gasteiger partial charge in [-0.25, -0.2) is 10.0 Å². The second-order valence-electron chi connectivity index (χ2n) is 9.17. The molecular formula is C25H27N3O3. The molecule has 3 aromatic rings. The number of ether oxygens (including phenoxy) is 1. The standard InChI is InChI=1S/C25H27N3O3/c1-16-26-22-21(27(16)2)13-20(24(29)28-11-5-6-12-30-28)19-9-10-25(31-23(19)22)14-17-7-3-4-8-18(17)15-25/h3-4,7-8,13H,5-6,9-12,14-15H2,1-2H3. The molecule has 0 bridgehead atoms. The van der Waals surface area contributed by atoms with Crippen LogP contribution < -0.4 is 4.74 Å². The van der Waals surface area contributed by atoms with Crippen LogP contribution in [-0.4, -0.2) is 39.3 Å². The van der Waals surface area contributed by atoms with Crippen LogP contribution in [0.5, 0.6) is 5.75 Å². The molecule has 0 unspecified atom stereocenters. The molecule has 0 N–H and O–H groups in total. The summed E-state index contributed by atoms with van der Waals surface area (Å²) in [5, 5.41) is 1.53. The zero-order chi connectivity index (χ0) is 21.2. The van der Waals surface area contributed by atoms with E-state index in [9.17, 15) is 4.79 Å². The normalized spacial score (nSPS) is 19.4. The number of carbonyl (C=O) groups is 1. The van der Waals surface area contributed by atoms with E-state index in [1.165, 1.54) is 16.2 Å². The topological polar surface area (TPSA) is 56.6 Å². The van der Waals surface area contributed by atoms with Gasteiger partial charge in [0, 0.05) is 32.0 Å². The number of rotatable bonds is 1. The summed E-state index contributed by atoms with van der Waals surface area (Å²) in [6, 6.07) is 10.6. The maximum absolute atomic E-state index is 13.4. The number of imidazole rings is 1. The van der Waals surface area contributed by atoms with Crippen molar-refractivity contribution < 1.29 is 14.4 Å². The van der Waals surface area contributed by atoms with Crippen molar-refractivity contribution in [2.45, 2.75) is 51.0 Å². The predicted molar refractivity (Wildman–Crippen MR) is 117 cm³/mol. The minimum Gasteiger partial charge on any atom is -0.484 e. The quantitative estimate of drug-likeness (QED) is 0.602.